The molecule has 0 aromatic heterocycles. The maximum absolute atomic E-state index is 11.9. The van der Waals surface area contributed by atoms with E-state index in [9.17, 15) is 9.59 Å². The summed E-state index contributed by atoms with van der Waals surface area (Å²) < 4.78 is 0. The van der Waals surface area contributed by atoms with Crippen LogP contribution in [0.4, 0.5) is 5.69 Å². The molecule has 0 fully saturated rings. The van der Waals surface area contributed by atoms with E-state index in [1.165, 1.54) is 6.08 Å². The molecule has 0 aliphatic heterocycles. The van der Waals surface area contributed by atoms with Gasteiger partial charge in [-0.25, -0.2) is 0 Å². The Balaban J connectivity index is 2.72. The van der Waals surface area contributed by atoms with Gasteiger partial charge in [-0.05, 0) is 29.2 Å². The van der Waals surface area contributed by atoms with Crippen LogP contribution >= 0.6 is 0 Å². The Kier molecular flexibility index (Phi) is 5.52. The van der Waals surface area contributed by atoms with Crippen LogP contribution in [0.3, 0.4) is 0 Å². The average molecular weight is 290 g/mol. The fraction of sp³-hybridized carbons (Fsp3) is 0.375. The van der Waals surface area contributed by atoms with Crippen molar-refractivity contribution in [2.75, 3.05) is 5.73 Å². The van der Waals surface area contributed by atoms with Crippen LogP contribution in [0.25, 0.3) is 6.08 Å². The van der Waals surface area contributed by atoms with Crippen LogP contribution in [-0.2, 0) is 9.59 Å². The minimum absolute atomic E-state index is 0.110. The normalized spacial score (nSPS) is 13.1. The molecule has 0 spiro atoms. The number of amides is 1. The van der Waals surface area contributed by atoms with Gasteiger partial charge < -0.3 is 16.2 Å². The van der Waals surface area contributed by atoms with Crippen LogP contribution in [-0.4, -0.2) is 23.0 Å². The van der Waals surface area contributed by atoms with Gasteiger partial charge in [0.05, 0.1) is 6.42 Å². The molecule has 5 heteroatoms. The predicted octanol–water partition coefficient (Wildman–Crippen LogP) is 2.29. The number of carboxylic acids is 1. The Morgan fingerprint density at radius 3 is 2.57 bits per heavy atom. The number of nitrogen functional groups attached to an aromatic ring is 1. The molecule has 4 N–H and O–H groups in total. The molecule has 1 atom stereocenters. The lowest BCUT2D eigenvalue weighted by molar-refractivity contribution is -0.138. The van der Waals surface area contributed by atoms with E-state index in [4.69, 9.17) is 10.8 Å². The number of carbonyl (C=O) groups excluding carboxylic acids is 1. The van der Waals surface area contributed by atoms with Crippen molar-refractivity contribution in [1.82, 2.24) is 5.32 Å². The van der Waals surface area contributed by atoms with Crippen LogP contribution in [0.15, 0.2) is 30.3 Å². The summed E-state index contributed by atoms with van der Waals surface area (Å²) in [6, 6.07) is 6.71. The Hall–Kier alpha value is -2.30. The second-order valence-corrected chi connectivity index (χ2v) is 6.03. The first-order valence-electron chi connectivity index (χ1n) is 6.74. The summed E-state index contributed by atoms with van der Waals surface area (Å²) in [5.74, 6) is -1.26. The van der Waals surface area contributed by atoms with Crippen molar-refractivity contribution in [1.29, 1.82) is 0 Å². The third kappa shape index (κ3) is 6.12. The van der Waals surface area contributed by atoms with Gasteiger partial charge >= 0.3 is 5.97 Å². The van der Waals surface area contributed by atoms with Crippen LogP contribution in [0.1, 0.15) is 32.8 Å². The van der Waals surface area contributed by atoms with Gasteiger partial charge in [-0.1, -0.05) is 32.9 Å². The maximum atomic E-state index is 11.9. The van der Waals surface area contributed by atoms with Crippen molar-refractivity contribution < 1.29 is 14.7 Å². The van der Waals surface area contributed by atoms with Crippen LogP contribution in [0.5, 0.6) is 0 Å². The minimum atomic E-state index is -0.935. The van der Waals surface area contributed by atoms with E-state index < -0.39 is 12.0 Å². The van der Waals surface area contributed by atoms with E-state index >= 15 is 0 Å². The van der Waals surface area contributed by atoms with Crippen molar-refractivity contribution in [2.24, 2.45) is 5.41 Å². The molecule has 0 bridgehead atoms. The third-order valence-corrected chi connectivity index (χ3v) is 3.08. The molecule has 0 saturated heterocycles. The first-order chi connectivity index (χ1) is 9.68. The van der Waals surface area contributed by atoms with Gasteiger partial charge in [-0.2, -0.15) is 0 Å². The third-order valence-electron chi connectivity index (χ3n) is 3.08. The van der Waals surface area contributed by atoms with E-state index in [-0.39, 0.29) is 17.7 Å². The van der Waals surface area contributed by atoms with E-state index in [2.05, 4.69) is 5.32 Å². The van der Waals surface area contributed by atoms with Gasteiger partial charge in [-0.3, -0.25) is 9.59 Å². The molecule has 1 rings (SSSR count). The van der Waals surface area contributed by atoms with Crippen molar-refractivity contribution in [3.63, 3.8) is 0 Å². The Morgan fingerprint density at radius 1 is 1.38 bits per heavy atom. The number of benzene rings is 1. The lowest BCUT2D eigenvalue weighted by Crippen LogP contribution is -2.44. The molecular weight excluding hydrogens is 268 g/mol. The molecule has 1 aromatic rings. The number of anilines is 1. The lowest BCUT2D eigenvalue weighted by atomic mass is 9.84. The van der Waals surface area contributed by atoms with Gasteiger partial charge in [0.25, 0.3) is 0 Å². The smallest absolute Gasteiger partial charge is 0.305 e. The summed E-state index contributed by atoms with van der Waals surface area (Å²) in [7, 11) is 0. The Morgan fingerprint density at radius 2 is 2.05 bits per heavy atom. The van der Waals surface area contributed by atoms with Crippen LogP contribution in [0.2, 0.25) is 0 Å². The zero-order chi connectivity index (χ0) is 16.0. The van der Waals surface area contributed by atoms with E-state index in [1.54, 1.807) is 24.3 Å². The molecular formula is C16H22N2O3. The molecule has 1 unspecified atom stereocenters. The zero-order valence-electron chi connectivity index (χ0n) is 12.6. The van der Waals surface area contributed by atoms with Gasteiger partial charge in [0.15, 0.2) is 0 Å². The number of carbonyl (C=O) groups is 2. The molecule has 0 saturated carbocycles. The molecule has 114 valence electrons. The summed E-state index contributed by atoms with van der Waals surface area (Å²) >= 11 is 0. The highest BCUT2D eigenvalue weighted by Gasteiger charge is 2.27. The molecule has 0 radical (unpaired) electrons. The van der Waals surface area contributed by atoms with E-state index in [1.807, 2.05) is 26.8 Å². The van der Waals surface area contributed by atoms with Gasteiger partial charge in [0.1, 0.15) is 0 Å². The van der Waals surface area contributed by atoms with E-state index in [0.717, 1.165) is 5.56 Å². The van der Waals surface area contributed by atoms with E-state index in [0.29, 0.717) is 5.69 Å². The molecule has 5 nitrogen and oxygen atoms in total. The van der Waals surface area contributed by atoms with Crippen molar-refractivity contribution in [3.8, 4) is 0 Å². The number of rotatable bonds is 5. The summed E-state index contributed by atoms with van der Waals surface area (Å²) in [6.45, 7) is 5.67. The SMILES string of the molecule is CC(C)(C)C(CC(=O)O)NC(=O)/C=C/c1cccc(N)c1. The molecule has 21 heavy (non-hydrogen) atoms. The molecule has 1 amide bonds. The highest BCUT2D eigenvalue weighted by atomic mass is 16.4. The summed E-state index contributed by atoms with van der Waals surface area (Å²) in [5, 5.41) is 11.7. The fourth-order valence-electron chi connectivity index (χ4n) is 1.80. The van der Waals surface area contributed by atoms with Crippen molar-refractivity contribution in [2.45, 2.75) is 33.2 Å². The largest absolute Gasteiger partial charge is 0.481 e. The second-order valence-electron chi connectivity index (χ2n) is 6.03. The standard InChI is InChI=1S/C16H22N2O3/c1-16(2,3)13(10-15(20)21)18-14(19)8-7-11-5-4-6-12(17)9-11/h4-9,13H,10,17H2,1-3H3,(H,18,19)(H,20,21)/b8-7+. The Bertz CT molecular complexity index is 545. The van der Waals surface area contributed by atoms with Gasteiger partial charge in [0.2, 0.25) is 5.91 Å². The minimum Gasteiger partial charge on any atom is -0.481 e. The molecule has 0 aliphatic rings. The summed E-state index contributed by atoms with van der Waals surface area (Å²) in [4.78, 5) is 22.8. The van der Waals surface area contributed by atoms with Crippen molar-refractivity contribution >= 4 is 23.6 Å². The first-order valence-corrected chi connectivity index (χ1v) is 6.74. The topological polar surface area (TPSA) is 92.4 Å². The number of hydrogen-bond acceptors (Lipinski definition) is 3. The fourth-order valence-corrected chi connectivity index (χ4v) is 1.80. The maximum Gasteiger partial charge on any atom is 0.305 e. The first kappa shape index (κ1) is 16.8. The highest BCUT2D eigenvalue weighted by Crippen LogP contribution is 2.21. The lowest BCUT2D eigenvalue weighted by Gasteiger charge is -2.29. The van der Waals surface area contributed by atoms with Crippen molar-refractivity contribution in [3.05, 3.63) is 35.9 Å². The number of hydrogen-bond donors (Lipinski definition) is 3. The second kappa shape index (κ2) is 6.92. The number of carboxylic acid groups (broad SMARTS) is 1. The summed E-state index contributed by atoms with van der Waals surface area (Å²) in [6.07, 6.45) is 2.92. The summed E-state index contributed by atoms with van der Waals surface area (Å²) in [5.41, 5.74) is 6.76. The van der Waals surface area contributed by atoms with Crippen LogP contribution < -0.4 is 11.1 Å². The number of nitrogens with two attached hydrogens (primary N) is 1. The zero-order valence-corrected chi connectivity index (χ0v) is 12.6. The van der Waals surface area contributed by atoms with Gasteiger partial charge in [0, 0.05) is 17.8 Å². The van der Waals surface area contributed by atoms with Crippen LogP contribution in [0, 0.1) is 5.41 Å². The highest BCUT2D eigenvalue weighted by molar-refractivity contribution is 5.92. The van der Waals surface area contributed by atoms with Gasteiger partial charge in [-0.15, -0.1) is 0 Å². The quantitative estimate of drug-likeness (QED) is 0.573. The number of aliphatic carboxylic acids is 1. The average Bonchev–Trinajstić information content (AvgIpc) is 2.34. The predicted molar refractivity (Wildman–Crippen MR) is 83.5 cm³/mol. The Labute approximate surface area is 124 Å². The molecule has 0 aliphatic carbocycles. The molecule has 1 aromatic carbocycles. The number of nitrogens with one attached hydrogen (secondary N) is 1. The molecule has 0 heterocycles. The monoisotopic (exact) mass is 290 g/mol.